The molecule has 1 fully saturated rings. The molecule has 1 aromatic rings. The van der Waals surface area contributed by atoms with Crippen LogP contribution in [0.15, 0.2) is 24.4 Å². The first-order valence-corrected chi connectivity index (χ1v) is 4.70. The van der Waals surface area contributed by atoms with E-state index in [1.165, 1.54) is 12.1 Å². The highest BCUT2D eigenvalue weighted by Gasteiger charge is 2.40. The molecule has 0 aliphatic heterocycles. The Kier molecular flexibility index (Phi) is 1.87. The van der Waals surface area contributed by atoms with Crippen LogP contribution in [0.4, 0.5) is 0 Å². The predicted octanol–water partition coefficient (Wildman–Crippen LogP) is 2.84. The molecule has 0 spiro atoms. The van der Waals surface area contributed by atoms with E-state index in [4.69, 9.17) is 0 Å². The third kappa shape index (κ3) is 1.36. The average Bonchev–Trinajstić information content (AvgIpc) is 2.84. The minimum Gasteiger partial charge on any atom is -0.261 e. The second kappa shape index (κ2) is 2.89. The van der Waals surface area contributed by atoms with Crippen LogP contribution in [0.5, 0.6) is 0 Å². The van der Waals surface area contributed by atoms with E-state index in [0.29, 0.717) is 0 Å². The highest BCUT2D eigenvalue weighted by atomic mass is 14.7. The van der Waals surface area contributed by atoms with Crippen molar-refractivity contribution in [3.8, 4) is 0 Å². The molecule has 1 aliphatic carbocycles. The standard InChI is InChI=1S/C11H15N/c1-8(2)9-7-10(9)11-5-3-4-6-12-11/h3-6,8-10H,7H2,1-2H3/t9-,10+/m0/s1. The van der Waals surface area contributed by atoms with Gasteiger partial charge < -0.3 is 0 Å². The second-order valence-electron chi connectivity index (χ2n) is 4.00. The van der Waals surface area contributed by atoms with Gasteiger partial charge in [-0.1, -0.05) is 19.9 Å². The van der Waals surface area contributed by atoms with E-state index < -0.39 is 0 Å². The largest absolute Gasteiger partial charge is 0.261 e. The zero-order chi connectivity index (χ0) is 8.55. The fraction of sp³-hybridized carbons (Fsp3) is 0.545. The summed E-state index contributed by atoms with van der Waals surface area (Å²) in [5.74, 6) is 2.46. The van der Waals surface area contributed by atoms with Gasteiger partial charge in [-0.2, -0.15) is 0 Å². The van der Waals surface area contributed by atoms with E-state index in [9.17, 15) is 0 Å². The summed E-state index contributed by atoms with van der Waals surface area (Å²) in [6.45, 7) is 4.60. The smallest absolute Gasteiger partial charge is 0.0437 e. The third-order valence-corrected chi connectivity index (χ3v) is 2.76. The van der Waals surface area contributed by atoms with E-state index in [1.807, 2.05) is 12.3 Å². The van der Waals surface area contributed by atoms with Gasteiger partial charge in [0.15, 0.2) is 0 Å². The first kappa shape index (κ1) is 7.78. The second-order valence-corrected chi connectivity index (χ2v) is 4.00. The van der Waals surface area contributed by atoms with E-state index >= 15 is 0 Å². The molecular weight excluding hydrogens is 146 g/mol. The summed E-state index contributed by atoms with van der Waals surface area (Å²) in [6.07, 6.45) is 3.24. The monoisotopic (exact) mass is 161 g/mol. The number of hydrogen-bond acceptors (Lipinski definition) is 1. The van der Waals surface area contributed by atoms with Gasteiger partial charge in [-0.15, -0.1) is 0 Å². The molecule has 1 heteroatoms. The molecule has 2 atom stereocenters. The van der Waals surface area contributed by atoms with E-state index in [0.717, 1.165) is 17.8 Å². The summed E-state index contributed by atoms with van der Waals surface area (Å²) in [4.78, 5) is 4.37. The van der Waals surface area contributed by atoms with E-state index in [1.54, 1.807) is 0 Å². The molecule has 0 amide bonds. The van der Waals surface area contributed by atoms with Crippen molar-refractivity contribution in [1.82, 2.24) is 4.98 Å². The summed E-state index contributed by atoms with van der Waals surface area (Å²) < 4.78 is 0. The van der Waals surface area contributed by atoms with Crippen molar-refractivity contribution in [3.63, 3.8) is 0 Å². The molecule has 0 saturated heterocycles. The van der Waals surface area contributed by atoms with Gasteiger partial charge in [0.05, 0.1) is 0 Å². The van der Waals surface area contributed by atoms with Crippen LogP contribution in [0.25, 0.3) is 0 Å². The maximum Gasteiger partial charge on any atom is 0.0437 e. The minimum absolute atomic E-state index is 0.756. The molecule has 1 heterocycles. The van der Waals surface area contributed by atoms with Crippen LogP contribution in [-0.2, 0) is 0 Å². The number of pyridine rings is 1. The van der Waals surface area contributed by atoms with Gasteiger partial charge in [0.25, 0.3) is 0 Å². The van der Waals surface area contributed by atoms with Crippen molar-refractivity contribution >= 4 is 0 Å². The van der Waals surface area contributed by atoms with Gasteiger partial charge in [-0.3, -0.25) is 4.98 Å². The normalized spacial score (nSPS) is 27.6. The van der Waals surface area contributed by atoms with E-state index in [2.05, 4.69) is 31.0 Å². The average molecular weight is 161 g/mol. The van der Waals surface area contributed by atoms with E-state index in [-0.39, 0.29) is 0 Å². The molecule has 0 bridgehead atoms. The Bertz CT molecular complexity index is 253. The molecule has 0 N–H and O–H groups in total. The molecular formula is C11H15N. The maximum atomic E-state index is 4.37. The van der Waals surface area contributed by atoms with Crippen molar-refractivity contribution in [1.29, 1.82) is 0 Å². The van der Waals surface area contributed by atoms with Crippen LogP contribution in [0.3, 0.4) is 0 Å². The van der Waals surface area contributed by atoms with Crippen LogP contribution >= 0.6 is 0 Å². The molecule has 1 saturated carbocycles. The fourth-order valence-electron chi connectivity index (χ4n) is 1.89. The number of hydrogen-bond donors (Lipinski definition) is 0. The molecule has 64 valence electrons. The number of rotatable bonds is 2. The summed E-state index contributed by atoms with van der Waals surface area (Å²) in [6, 6.07) is 6.21. The zero-order valence-corrected chi connectivity index (χ0v) is 7.70. The molecule has 1 aromatic heterocycles. The highest BCUT2D eigenvalue weighted by Crippen LogP contribution is 2.50. The van der Waals surface area contributed by atoms with Crippen molar-refractivity contribution < 1.29 is 0 Å². The zero-order valence-electron chi connectivity index (χ0n) is 7.70. The van der Waals surface area contributed by atoms with Crippen LogP contribution in [-0.4, -0.2) is 4.98 Å². The van der Waals surface area contributed by atoms with Crippen LogP contribution < -0.4 is 0 Å². The Morgan fingerprint density at radius 1 is 1.42 bits per heavy atom. The van der Waals surface area contributed by atoms with Crippen molar-refractivity contribution in [2.24, 2.45) is 11.8 Å². The first-order valence-electron chi connectivity index (χ1n) is 4.70. The van der Waals surface area contributed by atoms with Crippen LogP contribution in [0.2, 0.25) is 0 Å². The van der Waals surface area contributed by atoms with Gasteiger partial charge in [-0.25, -0.2) is 0 Å². The van der Waals surface area contributed by atoms with Crippen LogP contribution in [0, 0.1) is 11.8 Å². The summed E-state index contributed by atoms with van der Waals surface area (Å²) in [5.41, 5.74) is 1.29. The Morgan fingerprint density at radius 2 is 2.25 bits per heavy atom. The lowest BCUT2D eigenvalue weighted by atomic mass is 10.1. The molecule has 0 radical (unpaired) electrons. The third-order valence-electron chi connectivity index (χ3n) is 2.76. The lowest BCUT2D eigenvalue weighted by Crippen LogP contribution is -1.93. The number of nitrogens with zero attached hydrogens (tertiary/aromatic N) is 1. The molecule has 12 heavy (non-hydrogen) atoms. The van der Waals surface area contributed by atoms with Crippen molar-refractivity contribution in [3.05, 3.63) is 30.1 Å². The Hall–Kier alpha value is -0.850. The molecule has 0 unspecified atom stereocenters. The molecule has 1 aliphatic rings. The Labute approximate surface area is 73.8 Å². The Morgan fingerprint density at radius 3 is 2.75 bits per heavy atom. The lowest BCUT2D eigenvalue weighted by molar-refractivity contribution is 0.546. The van der Waals surface area contributed by atoms with Gasteiger partial charge in [0.2, 0.25) is 0 Å². The van der Waals surface area contributed by atoms with Gasteiger partial charge in [-0.05, 0) is 30.4 Å². The predicted molar refractivity (Wildman–Crippen MR) is 49.9 cm³/mol. The number of aromatic nitrogens is 1. The summed E-state index contributed by atoms with van der Waals surface area (Å²) in [5, 5.41) is 0. The summed E-state index contributed by atoms with van der Waals surface area (Å²) >= 11 is 0. The van der Waals surface area contributed by atoms with Crippen molar-refractivity contribution in [2.45, 2.75) is 26.2 Å². The van der Waals surface area contributed by atoms with Gasteiger partial charge >= 0.3 is 0 Å². The highest BCUT2D eigenvalue weighted by molar-refractivity contribution is 5.18. The fourth-order valence-corrected chi connectivity index (χ4v) is 1.89. The van der Waals surface area contributed by atoms with Crippen LogP contribution in [0.1, 0.15) is 31.9 Å². The maximum absolute atomic E-state index is 4.37. The lowest BCUT2D eigenvalue weighted by Gasteiger charge is -2.01. The molecule has 0 aromatic carbocycles. The summed E-state index contributed by atoms with van der Waals surface area (Å²) in [7, 11) is 0. The van der Waals surface area contributed by atoms with Crippen molar-refractivity contribution in [2.75, 3.05) is 0 Å². The topological polar surface area (TPSA) is 12.9 Å². The SMILES string of the molecule is CC(C)[C@@H]1C[C@H]1c1ccccn1. The molecule has 2 rings (SSSR count). The van der Waals surface area contributed by atoms with Gasteiger partial charge in [0, 0.05) is 17.8 Å². The molecule has 1 nitrogen and oxygen atoms in total. The first-order chi connectivity index (χ1) is 5.79. The Balaban J connectivity index is 2.06. The quantitative estimate of drug-likeness (QED) is 0.650. The minimum atomic E-state index is 0.756. The van der Waals surface area contributed by atoms with Gasteiger partial charge in [0.1, 0.15) is 0 Å².